The van der Waals surface area contributed by atoms with Crippen LogP contribution in [0.25, 0.3) is 17.0 Å². The van der Waals surface area contributed by atoms with E-state index in [2.05, 4.69) is 5.32 Å². The van der Waals surface area contributed by atoms with Gasteiger partial charge in [-0.25, -0.2) is 4.79 Å². The number of carbonyl (C=O) groups is 2. The van der Waals surface area contributed by atoms with E-state index in [1.54, 1.807) is 6.92 Å². The Balaban J connectivity index is 1.82. The van der Waals surface area contributed by atoms with Crippen molar-refractivity contribution in [1.29, 1.82) is 0 Å². The van der Waals surface area contributed by atoms with Crippen molar-refractivity contribution in [2.24, 2.45) is 5.41 Å². The quantitative estimate of drug-likeness (QED) is 0.512. The fraction of sp³-hybridized carbons (Fsp3) is 0.536. The molecule has 7 nitrogen and oxygen atoms in total. The first-order valence-electron chi connectivity index (χ1n) is 12.3. The number of carbonyl (C=O) groups excluding carboxylic acids is 2. The van der Waals surface area contributed by atoms with Crippen LogP contribution in [-0.4, -0.2) is 40.0 Å². The molecule has 1 atom stereocenters. The molecule has 1 saturated carbocycles. The third kappa shape index (κ3) is 7.04. The van der Waals surface area contributed by atoms with Gasteiger partial charge in [0.1, 0.15) is 5.60 Å². The van der Waals surface area contributed by atoms with Gasteiger partial charge in [-0.3, -0.25) is 9.78 Å². The average molecular weight is 483 g/mol. The van der Waals surface area contributed by atoms with Crippen molar-refractivity contribution >= 4 is 29.0 Å². The molecule has 1 aromatic heterocycles. The fourth-order valence-electron chi connectivity index (χ4n) is 4.26. The van der Waals surface area contributed by atoms with Gasteiger partial charge in [-0.15, -0.1) is 0 Å². The number of nitrogens with one attached hydrogen (secondary N) is 1. The lowest BCUT2D eigenvalue weighted by Crippen LogP contribution is -2.41. The number of nitrogens with zero attached hydrogens (tertiary/aromatic N) is 1. The molecule has 190 valence electrons. The highest BCUT2D eigenvalue weighted by atomic mass is 16.6. The first kappa shape index (κ1) is 26.7. The van der Waals surface area contributed by atoms with E-state index in [0.717, 1.165) is 22.2 Å². The standard InChI is InChI=1S/C28H38N2O5/c1-7-34-24(31)28(16-14-27(6,33)15-17-28)13-12-20-8-9-21-10-11-22(30-23(21)18-20)19(2)29-25(32)35-26(3,4)5/h8-13,18-19,33H,7,14-17H2,1-6H3,(H,29,32)/b13-12+/t19-,27?,28?/m1/s1. The predicted octanol–water partition coefficient (Wildman–Crippen LogP) is 5.71. The molecule has 1 aliphatic carbocycles. The molecule has 3 rings (SSSR count). The Hall–Kier alpha value is -2.93. The number of aromatic nitrogens is 1. The number of benzene rings is 1. The number of rotatable bonds is 6. The van der Waals surface area contributed by atoms with Gasteiger partial charge in [0.2, 0.25) is 0 Å². The second kappa shape index (κ2) is 10.4. The van der Waals surface area contributed by atoms with Crippen molar-refractivity contribution in [3.8, 4) is 0 Å². The summed E-state index contributed by atoms with van der Waals surface area (Å²) in [4.78, 5) is 29.7. The Morgan fingerprint density at radius 2 is 1.83 bits per heavy atom. The molecule has 2 N–H and O–H groups in total. The molecular formula is C28H38N2O5. The summed E-state index contributed by atoms with van der Waals surface area (Å²) in [5.74, 6) is -0.241. The minimum Gasteiger partial charge on any atom is -0.465 e. The van der Waals surface area contributed by atoms with Crippen LogP contribution in [-0.2, 0) is 14.3 Å². The number of fused-ring (bicyclic) bond motifs is 1. The Labute approximate surface area is 207 Å². The largest absolute Gasteiger partial charge is 0.465 e. The van der Waals surface area contributed by atoms with Crippen LogP contribution in [0.15, 0.2) is 36.4 Å². The van der Waals surface area contributed by atoms with Crippen LogP contribution in [0.3, 0.4) is 0 Å². The lowest BCUT2D eigenvalue weighted by atomic mass is 9.69. The van der Waals surface area contributed by atoms with E-state index in [-0.39, 0.29) is 12.0 Å². The number of alkyl carbamates (subject to hydrolysis) is 1. The highest BCUT2D eigenvalue weighted by Crippen LogP contribution is 2.43. The lowest BCUT2D eigenvalue weighted by Gasteiger charge is -2.39. The number of ether oxygens (including phenoxy) is 2. The van der Waals surface area contributed by atoms with E-state index in [9.17, 15) is 14.7 Å². The van der Waals surface area contributed by atoms with Crippen molar-refractivity contribution in [2.45, 2.75) is 84.5 Å². The van der Waals surface area contributed by atoms with E-state index < -0.39 is 22.7 Å². The Bertz CT molecular complexity index is 1090. The molecule has 0 spiro atoms. The zero-order valence-electron chi connectivity index (χ0n) is 21.7. The van der Waals surface area contributed by atoms with Gasteiger partial charge in [0.25, 0.3) is 0 Å². The Morgan fingerprint density at radius 3 is 2.46 bits per heavy atom. The van der Waals surface area contributed by atoms with E-state index in [0.29, 0.717) is 32.3 Å². The minimum atomic E-state index is -0.753. The van der Waals surface area contributed by atoms with Gasteiger partial charge < -0.3 is 19.9 Å². The Morgan fingerprint density at radius 1 is 1.17 bits per heavy atom. The van der Waals surface area contributed by atoms with Crippen molar-refractivity contribution in [2.75, 3.05) is 6.61 Å². The van der Waals surface area contributed by atoms with E-state index in [4.69, 9.17) is 14.5 Å². The summed E-state index contributed by atoms with van der Waals surface area (Å²) in [5, 5.41) is 14.2. The van der Waals surface area contributed by atoms with Crippen LogP contribution in [0.5, 0.6) is 0 Å². The summed E-state index contributed by atoms with van der Waals surface area (Å²) in [6.07, 6.45) is 5.55. The van der Waals surface area contributed by atoms with Gasteiger partial charge in [-0.05, 0) is 84.9 Å². The second-order valence-corrected chi connectivity index (χ2v) is 10.8. The highest BCUT2D eigenvalue weighted by Gasteiger charge is 2.44. The van der Waals surface area contributed by atoms with Crippen LogP contribution >= 0.6 is 0 Å². The lowest BCUT2D eigenvalue weighted by molar-refractivity contribution is -0.156. The van der Waals surface area contributed by atoms with E-state index >= 15 is 0 Å². The van der Waals surface area contributed by atoms with Crippen LogP contribution in [0.2, 0.25) is 0 Å². The molecule has 0 bridgehead atoms. The zero-order chi connectivity index (χ0) is 25.9. The molecule has 0 unspecified atom stereocenters. The molecule has 0 radical (unpaired) electrons. The average Bonchev–Trinajstić information content (AvgIpc) is 2.77. The number of amides is 1. The monoisotopic (exact) mass is 482 g/mol. The molecule has 2 aromatic rings. The van der Waals surface area contributed by atoms with E-state index in [1.807, 2.05) is 77.1 Å². The van der Waals surface area contributed by atoms with Crippen molar-refractivity contribution in [3.63, 3.8) is 0 Å². The fourth-order valence-corrected chi connectivity index (χ4v) is 4.26. The molecule has 7 heteroatoms. The maximum Gasteiger partial charge on any atom is 0.408 e. The molecule has 1 heterocycles. The van der Waals surface area contributed by atoms with Crippen molar-refractivity contribution in [3.05, 3.63) is 47.7 Å². The predicted molar refractivity (Wildman–Crippen MR) is 137 cm³/mol. The van der Waals surface area contributed by atoms with E-state index in [1.165, 1.54) is 0 Å². The first-order valence-corrected chi connectivity index (χ1v) is 12.3. The molecular weight excluding hydrogens is 444 g/mol. The number of pyridine rings is 1. The topological polar surface area (TPSA) is 97.8 Å². The van der Waals surface area contributed by atoms with Crippen molar-refractivity contribution < 1.29 is 24.2 Å². The SMILES string of the molecule is CCOC(=O)C1(/C=C/c2ccc3ccc([C@@H](C)NC(=O)OC(C)(C)C)nc3c2)CCC(C)(O)CC1. The van der Waals surface area contributed by atoms with Gasteiger partial charge in [0.15, 0.2) is 0 Å². The van der Waals surface area contributed by atoms with Gasteiger partial charge in [-0.2, -0.15) is 0 Å². The summed E-state index contributed by atoms with van der Waals surface area (Å²) < 4.78 is 10.7. The number of hydrogen-bond donors (Lipinski definition) is 2. The van der Waals surface area contributed by atoms with Crippen molar-refractivity contribution in [1.82, 2.24) is 10.3 Å². The Kier molecular flexibility index (Phi) is 7.90. The van der Waals surface area contributed by atoms with Gasteiger partial charge >= 0.3 is 12.1 Å². The van der Waals surface area contributed by atoms with Crippen LogP contribution in [0.1, 0.15) is 84.5 Å². The van der Waals surface area contributed by atoms with Crippen LogP contribution < -0.4 is 5.32 Å². The van der Waals surface area contributed by atoms with Crippen LogP contribution in [0, 0.1) is 5.41 Å². The number of hydrogen-bond acceptors (Lipinski definition) is 6. The molecule has 1 aromatic carbocycles. The maximum atomic E-state index is 12.8. The second-order valence-electron chi connectivity index (χ2n) is 10.8. The normalized spacial score (nSPS) is 23.7. The van der Waals surface area contributed by atoms with Gasteiger partial charge in [0, 0.05) is 5.39 Å². The summed E-state index contributed by atoms with van der Waals surface area (Å²) in [7, 11) is 0. The van der Waals surface area contributed by atoms with Gasteiger partial charge in [0.05, 0.1) is 34.9 Å². The molecule has 0 saturated heterocycles. The summed E-state index contributed by atoms with van der Waals surface area (Å²) in [5.41, 5.74) is 0.361. The minimum absolute atomic E-state index is 0.241. The summed E-state index contributed by atoms with van der Waals surface area (Å²) >= 11 is 0. The molecule has 1 aliphatic rings. The highest BCUT2D eigenvalue weighted by molar-refractivity contribution is 5.83. The summed E-state index contributed by atoms with van der Waals surface area (Å²) in [6.45, 7) is 11.3. The third-order valence-electron chi connectivity index (χ3n) is 6.41. The number of esters is 1. The molecule has 0 aliphatic heterocycles. The molecule has 1 fully saturated rings. The van der Waals surface area contributed by atoms with Crippen LogP contribution in [0.4, 0.5) is 4.79 Å². The first-order chi connectivity index (χ1) is 16.3. The third-order valence-corrected chi connectivity index (χ3v) is 6.41. The summed E-state index contributed by atoms with van der Waals surface area (Å²) in [6, 6.07) is 9.48. The smallest absolute Gasteiger partial charge is 0.408 e. The molecule has 1 amide bonds. The molecule has 35 heavy (non-hydrogen) atoms. The zero-order valence-corrected chi connectivity index (χ0v) is 21.7. The van der Waals surface area contributed by atoms with Gasteiger partial charge in [-0.1, -0.05) is 30.4 Å². The number of aliphatic hydroxyl groups is 1. The maximum absolute atomic E-state index is 12.8.